The van der Waals surface area contributed by atoms with Crippen LogP contribution in [0.2, 0.25) is 0 Å². The molecule has 23 heavy (non-hydrogen) atoms. The van der Waals surface area contributed by atoms with Crippen LogP contribution in [0.3, 0.4) is 0 Å². The summed E-state index contributed by atoms with van der Waals surface area (Å²) in [5.74, 6) is -0.0635. The fourth-order valence-corrected chi connectivity index (χ4v) is 2.41. The maximum Gasteiger partial charge on any atom is 0.217 e. The zero-order valence-electron chi connectivity index (χ0n) is 12.3. The van der Waals surface area contributed by atoms with Crippen molar-refractivity contribution in [1.82, 2.24) is 10.3 Å². The minimum absolute atomic E-state index is 0.0101. The number of aromatic nitrogens is 1. The molecule has 0 saturated heterocycles. The summed E-state index contributed by atoms with van der Waals surface area (Å²) in [5.41, 5.74) is 2.75. The molecule has 0 aliphatic carbocycles. The first-order valence-electron chi connectivity index (χ1n) is 6.68. The molecule has 1 heterocycles. The van der Waals surface area contributed by atoms with Crippen LogP contribution in [0.15, 0.2) is 41.4 Å². The highest BCUT2D eigenvalue weighted by Crippen LogP contribution is 2.25. The van der Waals surface area contributed by atoms with Gasteiger partial charge >= 0.3 is 0 Å². The standard InChI is InChI=1S/C16H13N5OS/c1-11(22)19-8-12-2-4-14(5-3-12)15-10-23-16(21-15)20-9-13(6-17)7-18/h2-5,9-10H,8H2,1H3,(H,19,22)(H,20,21). The second-order valence-electron chi connectivity index (χ2n) is 4.57. The quantitative estimate of drug-likeness (QED) is 0.824. The summed E-state index contributed by atoms with van der Waals surface area (Å²) in [6.07, 6.45) is 1.33. The van der Waals surface area contributed by atoms with E-state index < -0.39 is 0 Å². The van der Waals surface area contributed by atoms with Gasteiger partial charge in [-0.05, 0) is 5.56 Å². The molecular weight excluding hydrogens is 310 g/mol. The average molecular weight is 323 g/mol. The number of carbonyl (C=O) groups excluding carboxylic acids is 1. The number of allylic oxidation sites excluding steroid dienone is 1. The third kappa shape index (κ3) is 4.67. The Kier molecular flexibility index (Phi) is 5.45. The monoisotopic (exact) mass is 323 g/mol. The molecule has 0 bridgehead atoms. The fourth-order valence-electron chi connectivity index (χ4n) is 1.72. The number of nitrogens with zero attached hydrogens (tertiary/aromatic N) is 3. The van der Waals surface area contributed by atoms with E-state index in [1.54, 1.807) is 12.1 Å². The van der Waals surface area contributed by atoms with Crippen molar-refractivity contribution in [3.63, 3.8) is 0 Å². The number of nitrogens with one attached hydrogen (secondary N) is 2. The molecule has 0 unspecified atom stereocenters. The molecular formula is C16H13N5OS. The zero-order chi connectivity index (χ0) is 16.7. The highest BCUT2D eigenvalue weighted by atomic mass is 32.1. The molecule has 0 saturated carbocycles. The molecule has 0 radical (unpaired) electrons. The first-order chi connectivity index (χ1) is 11.1. The molecule has 2 N–H and O–H groups in total. The predicted molar refractivity (Wildman–Crippen MR) is 88.0 cm³/mol. The van der Waals surface area contributed by atoms with Crippen molar-refractivity contribution in [3.05, 3.63) is 47.0 Å². The number of hydrogen-bond donors (Lipinski definition) is 2. The van der Waals surface area contributed by atoms with Gasteiger partial charge in [-0.25, -0.2) is 4.98 Å². The first kappa shape index (κ1) is 16.2. The SMILES string of the molecule is CC(=O)NCc1ccc(-c2csc(NC=C(C#N)C#N)n2)cc1. The van der Waals surface area contributed by atoms with E-state index in [4.69, 9.17) is 10.5 Å². The molecule has 0 aliphatic rings. The van der Waals surface area contributed by atoms with Crippen LogP contribution in [0.4, 0.5) is 5.13 Å². The molecule has 1 aromatic carbocycles. The molecule has 1 aromatic heterocycles. The summed E-state index contributed by atoms with van der Waals surface area (Å²) in [4.78, 5) is 15.3. The normalized spacial score (nSPS) is 9.35. The van der Waals surface area contributed by atoms with Crippen LogP contribution in [-0.4, -0.2) is 10.9 Å². The first-order valence-corrected chi connectivity index (χ1v) is 7.56. The third-order valence-corrected chi connectivity index (χ3v) is 3.65. The van der Waals surface area contributed by atoms with Crippen molar-refractivity contribution in [2.45, 2.75) is 13.5 Å². The fraction of sp³-hybridized carbons (Fsp3) is 0.125. The largest absolute Gasteiger partial charge is 0.352 e. The summed E-state index contributed by atoms with van der Waals surface area (Å²) in [7, 11) is 0. The Morgan fingerprint density at radius 3 is 2.61 bits per heavy atom. The van der Waals surface area contributed by atoms with E-state index >= 15 is 0 Å². The van der Waals surface area contributed by atoms with Crippen LogP contribution in [0.5, 0.6) is 0 Å². The minimum atomic E-state index is -0.0635. The smallest absolute Gasteiger partial charge is 0.217 e. The van der Waals surface area contributed by atoms with Crippen molar-refractivity contribution in [2.75, 3.05) is 5.32 Å². The van der Waals surface area contributed by atoms with Crippen LogP contribution in [0.25, 0.3) is 11.3 Å². The van der Waals surface area contributed by atoms with E-state index in [0.717, 1.165) is 16.8 Å². The number of rotatable bonds is 5. The number of benzene rings is 1. The average Bonchev–Trinajstić information content (AvgIpc) is 3.03. The van der Waals surface area contributed by atoms with Gasteiger partial charge in [-0.3, -0.25) is 4.79 Å². The van der Waals surface area contributed by atoms with Gasteiger partial charge < -0.3 is 10.6 Å². The van der Waals surface area contributed by atoms with Gasteiger partial charge in [-0.15, -0.1) is 11.3 Å². The molecule has 0 atom stereocenters. The summed E-state index contributed by atoms with van der Waals surface area (Å²) in [6.45, 7) is 1.98. The van der Waals surface area contributed by atoms with Crippen molar-refractivity contribution in [2.24, 2.45) is 0 Å². The highest BCUT2D eigenvalue weighted by molar-refractivity contribution is 7.14. The Morgan fingerprint density at radius 1 is 1.30 bits per heavy atom. The zero-order valence-corrected chi connectivity index (χ0v) is 13.1. The molecule has 0 aliphatic heterocycles. The number of hydrogen-bond acceptors (Lipinski definition) is 6. The highest BCUT2D eigenvalue weighted by Gasteiger charge is 2.04. The Morgan fingerprint density at radius 2 is 2.00 bits per heavy atom. The van der Waals surface area contributed by atoms with Gasteiger partial charge in [-0.2, -0.15) is 10.5 Å². The van der Waals surface area contributed by atoms with Crippen LogP contribution in [0, 0.1) is 22.7 Å². The number of anilines is 1. The second-order valence-corrected chi connectivity index (χ2v) is 5.43. The Bertz CT molecular complexity index is 792. The van der Waals surface area contributed by atoms with Crippen molar-refractivity contribution in [3.8, 4) is 23.4 Å². The number of carbonyl (C=O) groups is 1. The van der Waals surface area contributed by atoms with Gasteiger partial charge in [0.25, 0.3) is 0 Å². The lowest BCUT2D eigenvalue weighted by Gasteiger charge is -2.03. The third-order valence-electron chi connectivity index (χ3n) is 2.88. The van der Waals surface area contributed by atoms with Crippen molar-refractivity contribution >= 4 is 22.4 Å². The van der Waals surface area contributed by atoms with Gasteiger partial charge in [-0.1, -0.05) is 24.3 Å². The van der Waals surface area contributed by atoms with Crippen LogP contribution in [-0.2, 0) is 11.3 Å². The topological polar surface area (TPSA) is 102 Å². The molecule has 1 amide bonds. The van der Waals surface area contributed by atoms with Crippen molar-refractivity contribution in [1.29, 1.82) is 10.5 Å². The van der Waals surface area contributed by atoms with E-state index in [1.165, 1.54) is 24.5 Å². The Labute approximate surface area is 137 Å². The summed E-state index contributed by atoms with van der Waals surface area (Å²) in [5, 5.41) is 25.4. The summed E-state index contributed by atoms with van der Waals surface area (Å²) >= 11 is 1.38. The molecule has 0 fully saturated rings. The molecule has 2 rings (SSSR count). The van der Waals surface area contributed by atoms with Crippen LogP contribution < -0.4 is 10.6 Å². The Hall–Kier alpha value is -3.16. The van der Waals surface area contributed by atoms with Gasteiger partial charge in [0.05, 0.1) is 5.69 Å². The van der Waals surface area contributed by atoms with E-state index in [0.29, 0.717) is 11.7 Å². The van der Waals surface area contributed by atoms with E-state index in [2.05, 4.69) is 15.6 Å². The van der Waals surface area contributed by atoms with Gasteiger partial charge in [0.15, 0.2) is 5.13 Å². The molecule has 7 heteroatoms. The summed E-state index contributed by atoms with van der Waals surface area (Å²) < 4.78 is 0. The van der Waals surface area contributed by atoms with E-state index in [1.807, 2.05) is 29.6 Å². The van der Waals surface area contributed by atoms with E-state index in [-0.39, 0.29) is 11.5 Å². The summed E-state index contributed by atoms with van der Waals surface area (Å²) in [6, 6.07) is 11.3. The number of nitriles is 2. The van der Waals surface area contributed by atoms with Crippen molar-refractivity contribution < 1.29 is 4.79 Å². The lowest BCUT2D eigenvalue weighted by atomic mass is 10.1. The van der Waals surface area contributed by atoms with Crippen LogP contribution >= 0.6 is 11.3 Å². The van der Waals surface area contributed by atoms with Crippen LogP contribution in [0.1, 0.15) is 12.5 Å². The van der Waals surface area contributed by atoms with E-state index in [9.17, 15) is 4.79 Å². The predicted octanol–water partition coefficient (Wildman–Crippen LogP) is 2.79. The minimum Gasteiger partial charge on any atom is -0.352 e. The molecule has 0 spiro atoms. The maximum absolute atomic E-state index is 10.9. The number of amides is 1. The molecule has 114 valence electrons. The van der Waals surface area contributed by atoms with Gasteiger partial charge in [0.1, 0.15) is 17.7 Å². The second kappa shape index (κ2) is 7.74. The Balaban J connectivity index is 2.06. The molecule has 2 aromatic rings. The lowest BCUT2D eigenvalue weighted by molar-refractivity contribution is -0.119. The maximum atomic E-state index is 10.9. The number of thiazole rings is 1. The molecule has 6 nitrogen and oxygen atoms in total. The van der Waals surface area contributed by atoms with Gasteiger partial charge in [0.2, 0.25) is 5.91 Å². The van der Waals surface area contributed by atoms with Gasteiger partial charge in [0, 0.05) is 30.6 Å². The lowest BCUT2D eigenvalue weighted by Crippen LogP contribution is -2.18.